The molecule has 3 heterocycles. The molecule has 30 heavy (non-hydrogen) atoms. The lowest BCUT2D eigenvalue weighted by Gasteiger charge is -2.32. The number of nitrogens with zero attached hydrogens (tertiary/aromatic N) is 4. The lowest BCUT2D eigenvalue weighted by molar-refractivity contribution is 0.0505. The van der Waals surface area contributed by atoms with Crippen LogP contribution in [0, 0.1) is 5.82 Å². The van der Waals surface area contributed by atoms with E-state index < -0.39 is 0 Å². The number of halogens is 2. The number of hydrogen-bond donors (Lipinski definition) is 0. The van der Waals surface area contributed by atoms with Gasteiger partial charge in [0.25, 0.3) is 0 Å². The second-order valence-corrected chi connectivity index (χ2v) is 8.63. The summed E-state index contributed by atoms with van der Waals surface area (Å²) >= 11 is 3.29. The van der Waals surface area contributed by atoms with Gasteiger partial charge in [0.1, 0.15) is 24.1 Å². The maximum atomic E-state index is 14.5. The minimum Gasteiger partial charge on any atom is -0.474 e. The van der Waals surface area contributed by atoms with E-state index in [-0.39, 0.29) is 24.1 Å². The molecule has 1 amide bonds. The van der Waals surface area contributed by atoms with Crippen molar-refractivity contribution < 1.29 is 18.7 Å². The highest BCUT2D eigenvalue weighted by Gasteiger charge is 2.30. The Morgan fingerprint density at radius 2 is 2.00 bits per heavy atom. The Morgan fingerprint density at radius 1 is 1.23 bits per heavy atom. The molecule has 0 bridgehead atoms. The summed E-state index contributed by atoms with van der Waals surface area (Å²) < 4.78 is 26.6. The summed E-state index contributed by atoms with van der Waals surface area (Å²) in [5.41, 5.74) is 1.38. The molecule has 1 fully saturated rings. The summed E-state index contributed by atoms with van der Waals surface area (Å²) in [5.74, 6) is 0.918. The second-order valence-electron chi connectivity index (χ2n) is 7.72. The van der Waals surface area contributed by atoms with Crippen molar-refractivity contribution >= 4 is 33.5 Å². The average molecular weight is 479 g/mol. The zero-order valence-corrected chi connectivity index (χ0v) is 18.6. The van der Waals surface area contributed by atoms with E-state index in [1.807, 2.05) is 24.8 Å². The number of aromatic nitrogens is 2. The quantitative estimate of drug-likeness (QED) is 0.645. The number of carbonyl (C=O) groups is 1. The highest BCUT2D eigenvalue weighted by atomic mass is 79.9. The van der Waals surface area contributed by atoms with Gasteiger partial charge in [0.05, 0.1) is 17.4 Å². The number of piperidine rings is 1. The van der Waals surface area contributed by atoms with E-state index in [9.17, 15) is 9.18 Å². The van der Waals surface area contributed by atoms with Crippen molar-refractivity contribution in [2.24, 2.45) is 0 Å². The number of ether oxygens (including phenoxy) is 2. The number of anilines is 2. The first kappa shape index (κ1) is 20.8. The zero-order valence-electron chi connectivity index (χ0n) is 17.0. The molecular weight excluding hydrogens is 455 g/mol. The van der Waals surface area contributed by atoms with Crippen LogP contribution in [0.4, 0.5) is 20.7 Å². The number of benzene rings is 1. The molecular formula is C21H24BrFN4O3. The first-order chi connectivity index (χ1) is 14.4. The highest BCUT2D eigenvalue weighted by Crippen LogP contribution is 2.38. The molecule has 0 unspecified atom stereocenters. The fraction of sp³-hybridized carbons (Fsp3) is 0.476. The fourth-order valence-electron chi connectivity index (χ4n) is 3.79. The molecule has 1 saturated heterocycles. The Labute approximate surface area is 183 Å². The first-order valence-electron chi connectivity index (χ1n) is 10.1. The second kappa shape index (κ2) is 8.75. The van der Waals surface area contributed by atoms with Gasteiger partial charge in [-0.2, -0.15) is 0 Å². The summed E-state index contributed by atoms with van der Waals surface area (Å²) in [6.07, 6.45) is 3.10. The van der Waals surface area contributed by atoms with Crippen molar-refractivity contribution in [3.8, 4) is 5.88 Å². The van der Waals surface area contributed by atoms with Crippen LogP contribution in [-0.2, 0) is 11.2 Å². The summed E-state index contributed by atoms with van der Waals surface area (Å²) in [4.78, 5) is 24.3. The van der Waals surface area contributed by atoms with Crippen LogP contribution >= 0.6 is 15.9 Å². The van der Waals surface area contributed by atoms with Crippen molar-refractivity contribution in [2.75, 3.05) is 24.5 Å². The van der Waals surface area contributed by atoms with Crippen LogP contribution in [-0.4, -0.2) is 52.8 Å². The van der Waals surface area contributed by atoms with E-state index in [0.717, 1.165) is 5.56 Å². The van der Waals surface area contributed by atoms with E-state index >= 15 is 0 Å². The van der Waals surface area contributed by atoms with Crippen LogP contribution < -0.4 is 9.64 Å². The number of fused-ring (bicyclic) bond motifs is 1. The van der Waals surface area contributed by atoms with Gasteiger partial charge in [-0.3, -0.25) is 0 Å². The van der Waals surface area contributed by atoms with E-state index in [2.05, 4.69) is 25.9 Å². The van der Waals surface area contributed by atoms with Gasteiger partial charge < -0.3 is 19.3 Å². The van der Waals surface area contributed by atoms with Crippen LogP contribution in [0.3, 0.4) is 0 Å². The molecule has 0 saturated carbocycles. The number of carbonyl (C=O) groups excluding carboxylic acids is 1. The molecule has 2 aromatic rings. The molecule has 1 aromatic carbocycles. The van der Waals surface area contributed by atoms with Gasteiger partial charge in [0.15, 0.2) is 0 Å². The van der Waals surface area contributed by atoms with Crippen LogP contribution in [0.1, 0.15) is 32.3 Å². The number of likely N-dealkylation sites (tertiary alicyclic amines) is 1. The predicted octanol–water partition coefficient (Wildman–Crippen LogP) is 4.46. The molecule has 2 aliphatic rings. The Hall–Kier alpha value is -2.42. The van der Waals surface area contributed by atoms with Gasteiger partial charge in [-0.25, -0.2) is 19.2 Å². The molecule has 0 atom stereocenters. The van der Waals surface area contributed by atoms with Gasteiger partial charge in [0.2, 0.25) is 5.88 Å². The van der Waals surface area contributed by atoms with Gasteiger partial charge >= 0.3 is 6.09 Å². The smallest absolute Gasteiger partial charge is 0.410 e. The Balaban J connectivity index is 1.44. The molecule has 9 heteroatoms. The Bertz CT molecular complexity index is 934. The molecule has 1 aromatic heterocycles. The third kappa shape index (κ3) is 4.35. The molecule has 7 nitrogen and oxygen atoms in total. The Morgan fingerprint density at radius 3 is 2.70 bits per heavy atom. The SMILES string of the molecule is CC(C)OC(=O)N1CCC(Oc2ncnc3c2CCN3c2ccc(Br)cc2F)CC1. The lowest BCUT2D eigenvalue weighted by atomic mass is 10.1. The minimum absolute atomic E-state index is 0.0365. The maximum Gasteiger partial charge on any atom is 0.410 e. The molecule has 0 N–H and O–H groups in total. The molecule has 0 radical (unpaired) electrons. The maximum absolute atomic E-state index is 14.5. The van der Waals surface area contributed by atoms with Gasteiger partial charge in [0, 0.05) is 36.9 Å². The molecule has 0 aliphatic carbocycles. The third-order valence-electron chi connectivity index (χ3n) is 5.24. The summed E-state index contributed by atoms with van der Waals surface area (Å²) in [6.45, 7) is 5.46. The molecule has 160 valence electrons. The highest BCUT2D eigenvalue weighted by molar-refractivity contribution is 9.10. The molecule has 2 aliphatic heterocycles. The topological polar surface area (TPSA) is 67.8 Å². The predicted molar refractivity (Wildman–Crippen MR) is 114 cm³/mol. The standard InChI is InChI=1S/C21H24BrFN4O3/c1-13(2)29-21(28)26-8-5-15(6-9-26)30-20-16-7-10-27(19(16)24-12-25-20)18-4-3-14(22)11-17(18)23/h3-4,11-13,15H,5-10H2,1-2H3. The lowest BCUT2D eigenvalue weighted by Crippen LogP contribution is -2.42. The summed E-state index contributed by atoms with van der Waals surface area (Å²) in [5, 5.41) is 0. The largest absolute Gasteiger partial charge is 0.474 e. The van der Waals surface area contributed by atoms with Crippen molar-refractivity contribution in [3.63, 3.8) is 0 Å². The van der Waals surface area contributed by atoms with Crippen LogP contribution in [0.5, 0.6) is 5.88 Å². The molecule has 4 rings (SSSR count). The summed E-state index contributed by atoms with van der Waals surface area (Å²) in [6, 6.07) is 5.00. The van der Waals surface area contributed by atoms with Gasteiger partial charge in [-0.05, 0) is 38.5 Å². The van der Waals surface area contributed by atoms with Crippen molar-refractivity contribution in [1.82, 2.24) is 14.9 Å². The number of rotatable bonds is 4. The Kier molecular flexibility index (Phi) is 6.08. The van der Waals surface area contributed by atoms with E-state index in [0.29, 0.717) is 60.8 Å². The monoisotopic (exact) mass is 478 g/mol. The third-order valence-corrected chi connectivity index (χ3v) is 5.73. The van der Waals surface area contributed by atoms with E-state index in [1.165, 1.54) is 12.4 Å². The average Bonchev–Trinajstić information content (AvgIpc) is 3.13. The van der Waals surface area contributed by atoms with Gasteiger partial charge in [-0.15, -0.1) is 0 Å². The van der Waals surface area contributed by atoms with E-state index in [1.54, 1.807) is 11.0 Å². The normalized spacial score (nSPS) is 16.7. The first-order valence-corrected chi connectivity index (χ1v) is 10.9. The van der Waals surface area contributed by atoms with Crippen LogP contribution in [0.15, 0.2) is 29.0 Å². The summed E-state index contributed by atoms with van der Waals surface area (Å²) in [7, 11) is 0. The van der Waals surface area contributed by atoms with Crippen molar-refractivity contribution in [2.45, 2.75) is 45.3 Å². The van der Waals surface area contributed by atoms with Crippen LogP contribution in [0.2, 0.25) is 0 Å². The van der Waals surface area contributed by atoms with Crippen molar-refractivity contribution in [3.05, 3.63) is 40.4 Å². The number of hydrogen-bond acceptors (Lipinski definition) is 6. The van der Waals surface area contributed by atoms with Crippen molar-refractivity contribution in [1.29, 1.82) is 0 Å². The molecule has 0 spiro atoms. The van der Waals surface area contributed by atoms with Crippen LogP contribution in [0.25, 0.3) is 0 Å². The van der Waals surface area contributed by atoms with Gasteiger partial charge in [-0.1, -0.05) is 15.9 Å². The zero-order chi connectivity index (χ0) is 21.3. The fourth-order valence-corrected chi connectivity index (χ4v) is 4.13. The van der Waals surface area contributed by atoms with E-state index in [4.69, 9.17) is 9.47 Å². The minimum atomic E-state index is -0.307. The number of amides is 1.